The molecule has 0 aliphatic carbocycles. The molecule has 4 heteroatoms. The number of hydrogen-bond donors (Lipinski definition) is 0. The van der Waals surface area contributed by atoms with Gasteiger partial charge in [0, 0.05) is 19.5 Å². The standard InChI is InChI=1S/C12H14F2N2/c1-16(7-2-6-15)8-5-10-9-11(13)3-4-12(10)14/h3-4,9H,2,5,7-8H2,1H3. The number of halogens is 2. The molecule has 1 aromatic rings. The maximum atomic E-state index is 13.2. The molecule has 0 bridgehead atoms. The molecule has 0 saturated heterocycles. The van der Waals surface area contributed by atoms with Crippen LogP contribution < -0.4 is 0 Å². The van der Waals surface area contributed by atoms with Gasteiger partial charge in [0.25, 0.3) is 0 Å². The molecular weight excluding hydrogens is 210 g/mol. The maximum Gasteiger partial charge on any atom is 0.126 e. The van der Waals surface area contributed by atoms with E-state index >= 15 is 0 Å². The molecule has 0 N–H and O–H groups in total. The lowest BCUT2D eigenvalue weighted by Gasteiger charge is -2.14. The Morgan fingerprint density at radius 3 is 2.75 bits per heavy atom. The van der Waals surface area contributed by atoms with Gasteiger partial charge in [-0.25, -0.2) is 8.78 Å². The SMILES string of the molecule is CN(CCC#N)CCc1cc(F)ccc1F. The molecule has 1 rings (SSSR count). The van der Waals surface area contributed by atoms with Gasteiger partial charge in [-0.2, -0.15) is 5.26 Å². The van der Waals surface area contributed by atoms with Crippen molar-refractivity contribution in [2.45, 2.75) is 12.8 Å². The van der Waals surface area contributed by atoms with Gasteiger partial charge in [-0.15, -0.1) is 0 Å². The van der Waals surface area contributed by atoms with Crippen molar-refractivity contribution in [1.29, 1.82) is 5.26 Å². The third-order valence-electron chi connectivity index (χ3n) is 2.38. The van der Waals surface area contributed by atoms with Crippen LogP contribution in [0.4, 0.5) is 8.78 Å². The van der Waals surface area contributed by atoms with Gasteiger partial charge < -0.3 is 4.90 Å². The molecule has 0 spiro atoms. The van der Waals surface area contributed by atoms with Crippen LogP contribution in [-0.4, -0.2) is 25.0 Å². The van der Waals surface area contributed by atoms with E-state index in [0.717, 1.165) is 12.1 Å². The highest BCUT2D eigenvalue weighted by Crippen LogP contribution is 2.10. The van der Waals surface area contributed by atoms with Gasteiger partial charge in [0.15, 0.2) is 0 Å². The van der Waals surface area contributed by atoms with E-state index in [1.165, 1.54) is 6.07 Å². The number of likely N-dealkylation sites (N-methyl/N-ethyl adjacent to an activating group) is 1. The topological polar surface area (TPSA) is 27.0 Å². The average Bonchev–Trinajstić information content (AvgIpc) is 2.27. The Bertz CT molecular complexity index is 385. The van der Waals surface area contributed by atoms with Crippen LogP contribution in [0.1, 0.15) is 12.0 Å². The summed E-state index contributed by atoms with van der Waals surface area (Å²) in [6.07, 6.45) is 0.896. The monoisotopic (exact) mass is 224 g/mol. The predicted octanol–water partition coefficient (Wildman–Crippen LogP) is 2.35. The number of rotatable bonds is 5. The Labute approximate surface area is 94.1 Å². The van der Waals surface area contributed by atoms with Crippen LogP contribution in [0.15, 0.2) is 18.2 Å². The Hall–Kier alpha value is -1.47. The maximum absolute atomic E-state index is 13.2. The van der Waals surface area contributed by atoms with Crippen molar-refractivity contribution in [3.8, 4) is 6.07 Å². The molecule has 2 nitrogen and oxygen atoms in total. The number of nitrogens with zero attached hydrogens (tertiary/aromatic N) is 2. The van der Waals surface area contributed by atoms with E-state index in [-0.39, 0.29) is 5.82 Å². The zero-order valence-corrected chi connectivity index (χ0v) is 9.21. The van der Waals surface area contributed by atoms with Crippen LogP contribution in [-0.2, 0) is 6.42 Å². The summed E-state index contributed by atoms with van der Waals surface area (Å²) in [5.41, 5.74) is 0.379. The van der Waals surface area contributed by atoms with Crippen molar-refractivity contribution in [1.82, 2.24) is 4.90 Å². The van der Waals surface area contributed by atoms with Crippen molar-refractivity contribution >= 4 is 0 Å². The van der Waals surface area contributed by atoms with E-state index in [4.69, 9.17) is 5.26 Å². The molecule has 0 aliphatic rings. The molecule has 0 aromatic heterocycles. The van der Waals surface area contributed by atoms with Gasteiger partial charge in [-0.3, -0.25) is 0 Å². The first-order valence-corrected chi connectivity index (χ1v) is 5.13. The van der Waals surface area contributed by atoms with Crippen molar-refractivity contribution < 1.29 is 8.78 Å². The van der Waals surface area contributed by atoms with Crippen LogP contribution in [0, 0.1) is 23.0 Å². The second-order valence-electron chi connectivity index (χ2n) is 3.70. The van der Waals surface area contributed by atoms with Crippen LogP contribution >= 0.6 is 0 Å². The fraction of sp³-hybridized carbons (Fsp3) is 0.417. The van der Waals surface area contributed by atoms with Gasteiger partial charge in [0.05, 0.1) is 6.07 Å². The van der Waals surface area contributed by atoms with Gasteiger partial charge in [0.1, 0.15) is 11.6 Å². The van der Waals surface area contributed by atoms with Gasteiger partial charge in [-0.1, -0.05) is 0 Å². The Morgan fingerprint density at radius 2 is 2.06 bits per heavy atom. The molecule has 16 heavy (non-hydrogen) atoms. The average molecular weight is 224 g/mol. The predicted molar refractivity (Wildman–Crippen MR) is 57.8 cm³/mol. The summed E-state index contributed by atoms with van der Waals surface area (Å²) in [6.45, 7) is 1.26. The second-order valence-corrected chi connectivity index (χ2v) is 3.70. The molecule has 0 amide bonds. The molecule has 0 saturated carbocycles. The fourth-order valence-electron chi connectivity index (χ4n) is 1.40. The normalized spacial score (nSPS) is 10.4. The zero-order valence-electron chi connectivity index (χ0n) is 9.21. The smallest absolute Gasteiger partial charge is 0.126 e. The fourth-order valence-corrected chi connectivity index (χ4v) is 1.40. The van der Waals surface area contributed by atoms with Crippen LogP contribution in [0.2, 0.25) is 0 Å². The minimum atomic E-state index is -0.420. The number of benzene rings is 1. The first kappa shape index (κ1) is 12.6. The quantitative estimate of drug-likeness (QED) is 0.767. The van der Waals surface area contributed by atoms with E-state index in [1.54, 1.807) is 0 Å². The van der Waals surface area contributed by atoms with Crippen LogP contribution in [0.5, 0.6) is 0 Å². The Morgan fingerprint density at radius 1 is 1.31 bits per heavy atom. The molecule has 0 atom stereocenters. The summed E-state index contributed by atoms with van der Waals surface area (Å²) in [7, 11) is 1.86. The molecule has 0 radical (unpaired) electrons. The Kier molecular flexibility index (Phi) is 4.87. The number of nitriles is 1. The van der Waals surface area contributed by atoms with E-state index < -0.39 is 5.82 Å². The van der Waals surface area contributed by atoms with Crippen molar-refractivity contribution in [2.75, 3.05) is 20.1 Å². The summed E-state index contributed by atoms with van der Waals surface area (Å²) < 4.78 is 26.1. The summed E-state index contributed by atoms with van der Waals surface area (Å²) in [4.78, 5) is 1.92. The first-order valence-electron chi connectivity index (χ1n) is 5.13. The number of hydrogen-bond acceptors (Lipinski definition) is 2. The third-order valence-corrected chi connectivity index (χ3v) is 2.38. The minimum Gasteiger partial charge on any atom is -0.305 e. The summed E-state index contributed by atoms with van der Waals surface area (Å²) in [5, 5.41) is 8.39. The summed E-state index contributed by atoms with van der Waals surface area (Å²) in [6, 6.07) is 5.51. The van der Waals surface area contributed by atoms with Crippen LogP contribution in [0.25, 0.3) is 0 Å². The lowest BCUT2D eigenvalue weighted by atomic mass is 10.1. The molecule has 0 heterocycles. The van der Waals surface area contributed by atoms with Crippen molar-refractivity contribution in [3.05, 3.63) is 35.4 Å². The Balaban J connectivity index is 2.48. The first-order chi connectivity index (χ1) is 7.63. The molecular formula is C12H14F2N2. The molecule has 0 fully saturated rings. The van der Waals surface area contributed by atoms with Gasteiger partial charge in [-0.05, 0) is 37.2 Å². The van der Waals surface area contributed by atoms with E-state index in [1.807, 2.05) is 18.0 Å². The molecule has 0 aliphatic heterocycles. The van der Waals surface area contributed by atoms with E-state index in [2.05, 4.69) is 0 Å². The highest BCUT2D eigenvalue weighted by molar-refractivity contribution is 5.18. The van der Waals surface area contributed by atoms with E-state index in [9.17, 15) is 8.78 Å². The lowest BCUT2D eigenvalue weighted by Crippen LogP contribution is -2.22. The van der Waals surface area contributed by atoms with Gasteiger partial charge >= 0.3 is 0 Å². The highest BCUT2D eigenvalue weighted by atomic mass is 19.1. The molecule has 1 aromatic carbocycles. The summed E-state index contributed by atoms with van der Waals surface area (Å²) >= 11 is 0. The van der Waals surface area contributed by atoms with Gasteiger partial charge in [0.2, 0.25) is 0 Å². The summed E-state index contributed by atoms with van der Waals surface area (Å²) in [5.74, 6) is -0.800. The molecule has 0 unspecified atom stereocenters. The zero-order chi connectivity index (χ0) is 12.0. The largest absolute Gasteiger partial charge is 0.305 e. The minimum absolute atomic E-state index is 0.379. The van der Waals surface area contributed by atoms with Crippen LogP contribution in [0.3, 0.4) is 0 Å². The third kappa shape index (κ3) is 3.95. The lowest BCUT2D eigenvalue weighted by molar-refractivity contribution is 0.344. The highest BCUT2D eigenvalue weighted by Gasteiger charge is 2.05. The van der Waals surface area contributed by atoms with Crippen molar-refractivity contribution in [3.63, 3.8) is 0 Å². The molecule has 86 valence electrons. The van der Waals surface area contributed by atoms with Crippen molar-refractivity contribution in [2.24, 2.45) is 0 Å². The second kappa shape index (κ2) is 6.19. The van der Waals surface area contributed by atoms with E-state index in [0.29, 0.717) is 31.5 Å².